The molecule has 1 atom stereocenters. The summed E-state index contributed by atoms with van der Waals surface area (Å²) in [6.45, 7) is 3.07. The molecule has 1 fully saturated rings. The molecule has 1 aliphatic heterocycles. The Balaban J connectivity index is 2.07. The predicted molar refractivity (Wildman–Crippen MR) is 47.1 cm³/mol. The fraction of sp³-hybridized carbons (Fsp3) is 0.778. The lowest BCUT2D eigenvalue weighted by molar-refractivity contribution is 0.191. The van der Waals surface area contributed by atoms with Crippen LogP contribution in [-0.4, -0.2) is 12.6 Å². The third kappa shape index (κ3) is 1.23. The summed E-state index contributed by atoms with van der Waals surface area (Å²) in [5.41, 5.74) is 3.21. The number of hydrazine groups is 1. The van der Waals surface area contributed by atoms with Crippen LogP contribution in [0.2, 0.25) is 0 Å². The number of ether oxygens (including phenoxy) is 1. The van der Waals surface area contributed by atoms with Gasteiger partial charge >= 0.3 is 0 Å². The molecule has 0 saturated heterocycles. The van der Waals surface area contributed by atoms with Crippen molar-refractivity contribution >= 4 is 0 Å². The van der Waals surface area contributed by atoms with Crippen LogP contribution in [0, 0.1) is 5.41 Å². The molecule has 0 radical (unpaired) electrons. The highest BCUT2D eigenvalue weighted by atomic mass is 16.5. The Morgan fingerprint density at radius 3 is 2.83 bits per heavy atom. The quantitative estimate of drug-likeness (QED) is 0.486. The van der Waals surface area contributed by atoms with Gasteiger partial charge in [0.1, 0.15) is 5.76 Å². The molecule has 68 valence electrons. The molecule has 12 heavy (non-hydrogen) atoms. The Kier molecular flexibility index (Phi) is 1.85. The van der Waals surface area contributed by atoms with Crippen LogP contribution in [0.15, 0.2) is 11.8 Å². The maximum Gasteiger partial charge on any atom is 0.111 e. The highest BCUT2D eigenvalue weighted by molar-refractivity contribution is 5.16. The van der Waals surface area contributed by atoms with Gasteiger partial charge in [-0.05, 0) is 24.3 Å². The zero-order valence-corrected chi connectivity index (χ0v) is 7.47. The van der Waals surface area contributed by atoms with Gasteiger partial charge in [0.15, 0.2) is 0 Å². The summed E-state index contributed by atoms with van der Waals surface area (Å²) in [6.07, 6.45) is 5.68. The summed E-state index contributed by atoms with van der Waals surface area (Å²) in [6, 6.07) is 0.236. The summed E-state index contributed by atoms with van der Waals surface area (Å²) in [4.78, 5) is 0. The first-order valence-electron chi connectivity index (χ1n) is 4.55. The maximum atomic E-state index is 5.51. The van der Waals surface area contributed by atoms with Crippen molar-refractivity contribution in [2.45, 2.75) is 32.2 Å². The Hall–Kier alpha value is -0.540. The van der Waals surface area contributed by atoms with Gasteiger partial charge in [-0.1, -0.05) is 6.92 Å². The largest absolute Gasteiger partial charge is 0.496 e. The van der Waals surface area contributed by atoms with Gasteiger partial charge in [0.05, 0.1) is 12.6 Å². The first-order chi connectivity index (χ1) is 5.76. The molecule has 1 aliphatic carbocycles. The second-order valence-corrected chi connectivity index (χ2v) is 4.00. The van der Waals surface area contributed by atoms with Crippen LogP contribution < -0.4 is 11.3 Å². The first kappa shape index (κ1) is 8.08. The number of rotatable bonds is 3. The van der Waals surface area contributed by atoms with E-state index >= 15 is 0 Å². The normalized spacial score (nSPS) is 27.7. The van der Waals surface area contributed by atoms with E-state index in [4.69, 9.17) is 10.6 Å². The van der Waals surface area contributed by atoms with E-state index in [0.29, 0.717) is 5.41 Å². The minimum absolute atomic E-state index is 0.236. The molecule has 1 saturated carbocycles. The molecule has 0 spiro atoms. The standard InChI is InChI=1S/C9H16N2O/c1-9(4-5-9)8(11-10)7-3-2-6-12-7/h3,8,11H,2,4-6,10H2,1H3. The number of hydrogen-bond donors (Lipinski definition) is 2. The van der Waals surface area contributed by atoms with Gasteiger partial charge < -0.3 is 4.74 Å². The fourth-order valence-corrected chi connectivity index (χ4v) is 1.75. The van der Waals surface area contributed by atoms with Crippen molar-refractivity contribution in [1.82, 2.24) is 5.43 Å². The highest BCUT2D eigenvalue weighted by Gasteiger charge is 2.47. The third-order valence-electron chi connectivity index (χ3n) is 2.92. The molecule has 2 aliphatic rings. The van der Waals surface area contributed by atoms with Crippen LogP contribution in [0.25, 0.3) is 0 Å². The van der Waals surface area contributed by atoms with E-state index in [9.17, 15) is 0 Å². The molecule has 3 heteroatoms. The Morgan fingerprint density at radius 1 is 1.67 bits per heavy atom. The van der Waals surface area contributed by atoms with Crippen LogP contribution in [0.4, 0.5) is 0 Å². The second kappa shape index (κ2) is 2.75. The van der Waals surface area contributed by atoms with Crippen molar-refractivity contribution in [2.24, 2.45) is 11.3 Å². The Labute approximate surface area is 72.9 Å². The van der Waals surface area contributed by atoms with E-state index < -0.39 is 0 Å². The second-order valence-electron chi connectivity index (χ2n) is 4.00. The molecule has 0 aromatic carbocycles. The topological polar surface area (TPSA) is 47.3 Å². The molecule has 0 aromatic heterocycles. The summed E-state index contributed by atoms with van der Waals surface area (Å²) in [5.74, 6) is 6.56. The van der Waals surface area contributed by atoms with Crippen LogP contribution in [0.5, 0.6) is 0 Å². The van der Waals surface area contributed by atoms with E-state index in [1.165, 1.54) is 12.8 Å². The van der Waals surface area contributed by atoms with Gasteiger partial charge in [0.25, 0.3) is 0 Å². The predicted octanol–water partition coefficient (Wildman–Crippen LogP) is 0.923. The van der Waals surface area contributed by atoms with Crippen molar-refractivity contribution < 1.29 is 4.74 Å². The average Bonchev–Trinajstić information content (AvgIpc) is 2.63. The molecule has 3 N–H and O–H groups in total. The van der Waals surface area contributed by atoms with Crippen molar-refractivity contribution in [3.05, 3.63) is 11.8 Å². The monoisotopic (exact) mass is 168 g/mol. The van der Waals surface area contributed by atoms with Gasteiger partial charge in [-0.25, -0.2) is 5.43 Å². The lowest BCUT2D eigenvalue weighted by atomic mass is 9.97. The highest BCUT2D eigenvalue weighted by Crippen LogP contribution is 2.50. The molecule has 2 rings (SSSR count). The van der Waals surface area contributed by atoms with E-state index in [2.05, 4.69) is 18.4 Å². The minimum atomic E-state index is 0.236. The third-order valence-corrected chi connectivity index (χ3v) is 2.92. The molecule has 0 amide bonds. The molecule has 0 aromatic rings. The molecule has 1 unspecified atom stereocenters. The van der Waals surface area contributed by atoms with Gasteiger partial charge in [-0.2, -0.15) is 0 Å². The lowest BCUT2D eigenvalue weighted by Crippen LogP contribution is -2.42. The van der Waals surface area contributed by atoms with Crippen LogP contribution in [0.3, 0.4) is 0 Å². The zero-order chi connectivity index (χ0) is 8.60. The van der Waals surface area contributed by atoms with Gasteiger partial charge in [-0.3, -0.25) is 5.84 Å². The van der Waals surface area contributed by atoms with E-state index in [-0.39, 0.29) is 6.04 Å². The molecule has 3 nitrogen and oxygen atoms in total. The smallest absolute Gasteiger partial charge is 0.111 e. The first-order valence-corrected chi connectivity index (χ1v) is 4.55. The molecular weight excluding hydrogens is 152 g/mol. The average molecular weight is 168 g/mol. The van der Waals surface area contributed by atoms with Crippen molar-refractivity contribution in [2.75, 3.05) is 6.61 Å². The van der Waals surface area contributed by atoms with Gasteiger partial charge in [0, 0.05) is 6.42 Å². The minimum Gasteiger partial charge on any atom is -0.496 e. The summed E-state index contributed by atoms with van der Waals surface area (Å²) < 4.78 is 5.49. The van der Waals surface area contributed by atoms with Crippen LogP contribution in [0.1, 0.15) is 26.2 Å². The van der Waals surface area contributed by atoms with E-state index in [1.54, 1.807) is 0 Å². The summed E-state index contributed by atoms with van der Waals surface area (Å²) >= 11 is 0. The molecular formula is C9H16N2O. The van der Waals surface area contributed by atoms with Gasteiger partial charge in [0.2, 0.25) is 0 Å². The van der Waals surface area contributed by atoms with E-state index in [1.807, 2.05) is 0 Å². The molecule has 1 heterocycles. The Bertz CT molecular complexity index is 209. The maximum absolute atomic E-state index is 5.51. The van der Waals surface area contributed by atoms with E-state index in [0.717, 1.165) is 18.8 Å². The number of nitrogens with two attached hydrogens (primary N) is 1. The van der Waals surface area contributed by atoms with Crippen LogP contribution >= 0.6 is 0 Å². The van der Waals surface area contributed by atoms with Crippen molar-refractivity contribution in [3.63, 3.8) is 0 Å². The Morgan fingerprint density at radius 2 is 2.42 bits per heavy atom. The van der Waals surface area contributed by atoms with Crippen LogP contribution in [-0.2, 0) is 4.74 Å². The SMILES string of the molecule is CC1(C(NN)C2=CCCO2)CC1. The van der Waals surface area contributed by atoms with Crippen molar-refractivity contribution in [1.29, 1.82) is 0 Å². The van der Waals surface area contributed by atoms with Gasteiger partial charge in [-0.15, -0.1) is 0 Å². The molecule has 0 bridgehead atoms. The summed E-state index contributed by atoms with van der Waals surface area (Å²) in [5, 5.41) is 0. The number of hydrogen-bond acceptors (Lipinski definition) is 3. The fourth-order valence-electron chi connectivity index (χ4n) is 1.75. The zero-order valence-electron chi connectivity index (χ0n) is 7.47. The lowest BCUT2D eigenvalue weighted by Gasteiger charge is -2.23. The number of nitrogens with one attached hydrogen (secondary N) is 1. The van der Waals surface area contributed by atoms with Crippen molar-refractivity contribution in [3.8, 4) is 0 Å². The summed E-state index contributed by atoms with van der Waals surface area (Å²) in [7, 11) is 0.